The van der Waals surface area contributed by atoms with E-state index in [1.165, 1.54) is 4.90 Å². The van der Waals surface area contributed by atoms with Crippen molar-refractivity contribution in [2.45, 2.75) is 59.0 Å². The summed E-state index contributed by atoms with van der Waals surface area (Å²) in [6.45, 7) is 7.46. The van der Waals surface area contributed by atoms with Crippen LogP contribution in [0.4, 0.5) is 0 Å². The minimum atomic E-state index is -0.919. The number of likely N-dealkylation sites (tertiary alicyclic amines) is 1. The number of piperidine rings is 1. The standard InChI is InChI=1S/C16H25N3O3/c1-11(2)7-9-19-12(3)13(10-17-19)15(20)18-8-5-4-6-14(18)16(21)22/h10-11,14H,4-9H2,1-3H3,(H,21,22). The highest BCUT2D eigenvalue weighted by Gasteiger charge is 2.33. The number of carbonyl (C=O) groups is 2. The zero-order valence-electron chi connectivity index (χ0n) is 13.6. The van der Waals surface area contributed by atoms with Gasteiger partial charge in [-0.2, -0.15) is 5.10 Å². The molecule has 0 aromatic carbocycles. The van der Waals surface area contributed by atoms with Crippen molar-refractivity contribution in [3.8, 4) is 0 Å². The number of nitrogens with zero attached hydrogens (tertiary/aromatic N) is 3. The van der Waals surface area contributed by atoms with Crippen molar-refractivity contribution in [3.05, 3.63) is 17.5 Å². The minimum absolute atomic E-state index is 0.208. The molecule has 0 aliphatic carbocycles. The van der Waals surface area contributed by atoms with Crippen LogP contribution >= 0.6 is 0 Å². The largest absolute Gasteiger partial charge is 0.480 e. The molecule has 0 saturated carbocycles. The number of aliphatic carboxylic acids is 1. The maximum atomic E-state index is 12.7. The fraction of sp³-hybridized carbons (Fsp3) is 0.688. The first-order valence-electron chi connectivity index (χ1n) is 7.98. The van der Waals surface area contributed by atoms with Crippen LogP contribution in [0.2, 0.25) is 0 Å². The molecule has 0 spiro atoms. The van der Waals surface area contributed by atoms with Gasteiger partial charge in [0.2, 0.25) is 0 Å². The van der Waals surface area contributed by atoms with Gasteiger partial charge in [-0.1, -0.05) is 13.8 Å². The van der Waals surface area contributed by atoms with Crippen molar-refractivity contribution in [1.82, 2.24) is 14.7 Å². The van der Waals surface area contributed by atoms with Gasteiger partial charge in [0.1, 0.15) is 6.04 Å². The molecule has 1 aromatic rings. The van der Waals surface area contributed by atoms with Crippen LogP contribution < -0.4 is 0 Å². The third kappa shape index (κ3) is 3.48. The molecular formula is C16H25N3O3. The van der Waals surface area contributed by atoms with Crippen LogP contribution in [0.15, 0.2) is 6.20 Å². The van der Waals surface area contributed by atoms with E-state index in [9.17, 15) is 14.7 Å². The fourth-order valence-electron chi connectivity index (χ4n) is 2.85. The van der Waals surface area contributed by atoms with Crippen LogP contribution in [-0.4, -0.2) is 44.3 Å². The number of rotatable bonds is 5. The average Bonchev–Trinajstić information content (AvgIpc) is 2.85. The lowest BCUT2D eigenvalue weighted by Crippen LogP contribution is -2.48. The summed E-state index contributed by atoms with van der Waals surface area (Å²) in [4.78, 5) is 25.5. The van der Waals surface area contributed by atoms with Crippen molar-refractivity contribution in [3.63, 3.8) is 0 Å². The van der Waals surface area contributed by atoms with Crippen molar-refractivity contribution in [2.24, 2.45) is 5.92 Å². The first-order chi connectivity index (χ1) is 10.4. The molecule has 1 amide bonds. The van der Waals surface area contributed by atoms with E-state index in [1.54, 1.807) is 6.20 Å². The topological polar surface area (TPSA) is 75.4 Å². The molecule has 6 nitrogen and oxygen atoms in total. The molecule has 1 N–H and O–H groups in total. The normalized spacial score (nSPS) is 18.7. The predicted molar refractivity (Wildman–Crippen MR) is 82.7 cm³/mol. The summed E-state index contributed by atoms with van der Waals surface area (Å²) < 4.78 is 1.84. The predicted octanol–water partition coefficient (Wildman–Crippen LogP) is 2.32. The Morgan fingerprint density at radius 3 is 2.77 bits per heavy atom. The molecule has 2 heterocycles. The van der Waals surface area contributed by atoms with E-state index in [2.05, 4.69) is 18.9 Å². The summed E-state index contributed by atoms with van der Waals surface area (Å²) in [7, 11) is 0. The number of carboxylic acids is 1. The highest BCUT2D eigenvalue weighted by Crippen LogP contribution is 2.21. The molecule has 1 aromatic heterocycles. The lowest BCUT2D eigenvalue weighted by atomic mass is 10.0. The Bertz CT molecular complexity index is 551. The maximum absolute atomic E-state index is 12.7. The summed E-state index contributed by atoms with van der Waals surface area (Å²) in [5.41, 5.74) is 1.34. The van der Waals surface area contributed by atoms with Gasteiger partial charge in [0.25, 0.3) is 5.91 Å². The van der Waals surface area contributed by atoms with Crippen LogP contribution in [0.5, 0.6) is 0 Å². The summed E-state index contributed by atoms with van der Waals surface area (Å²) in [5.74, 6) is -0.556. The number of carbonyl (C=O) groups excluding carboxylic acids is 1. The molecule has 1 saturated heterocycles. The lowest BCUT2D eigenvalue weighted by Gasteiger charge is -2.32. The smallest absolute Gasteiger partial charge is 0.326 e. The van der Waals surface area contributed by atoms with Gasteiger partial charge in [0.05, 0.1) is 11.8 Å². The molecule has 1 aliphatic rings. The van der Waals surface area contributed by atoms with E-state index < -0.39 is 12.0 Å². The van der Waals surface area contributed by atoms with E-state index in [0.717, 1.165) is 31.5 Å². The van der Waals surface area contributed by atoms with Crippen molar-refractivity contribution < 1.29 is 14.7 Å². The summed E-state index contributed by atoms with van der Waals surface area (Å²) >= 11 is 0. The van der Waals surface area contributed by atoms with Crippen LogP contribution in [0.3, 0.4) is 0 Å². The number of amides is 1. The Hall–Kier alpha value is -1.85. The van der Waals surface area contributed by atoms with Gasteiger partial charge in [-0.3, -0.25) is 9.48 Å². The zero-order chi connectivity index (χ0) is 16.3. The molecule has 1 atom stereocenters. The Morgan fingerprint density at radius 2 is 2.14 bits per heavy atom. The van der Waals surface area contributed by atoms with Crippen molar-refractivity contribution >= 4 is 11.9 Å². The lowest BCUT2D eigenvalue weighted by molar-refractivity contribution is -0.143. The van der Waals surface area contributed by atoms with Crippen molar-refractivity contribution in [1.29, 1.82) is 0 Å². The first-order valence-corrected chi connectivity index (χ1v) is 7.98. The minimum Gasteiger partial charge on any atom is -0.480 e. The Labute approximate surface area is 131 Å². The third-order valence-electron chi connectivity index (χ3n) is 4.30. The maximum Gasteiger partial charge on any atom is 0.326 e. The molecule has 1 unspecified atom stereocenters. The van der Waals surface area contributed by atoms with Crippen LogP contribution in [0.25, 0.3) is 0 Å². The SMILES string of the molecule is Cc1c(C(=O)N2CCCCC2C(=O)O)cnn1CCC(C)C. The summed E-state index contributed by atoms with van der Waals surface area (Å²) in [5, 5.41) is 13.6. The number of aromatic nitrogens is 2. The molecule has 0 bridgehead atoms. The zero-order valence-corrected chi connectivity index (χ0v) is 13.6. The Morgan fingerprint density at radius 1 is 1.41 bits per heavy atom. The second-order valence-corrected chi connectivity index (χ2v) is 6.40. The molecule has 22 heavy (non-hydrogen) atoms. The van der Waals surface area contributed by atoms with Gasteiger partial charge in [0, 0.05) is 18.8 Å². The van der Waals surface area contributed by atoms with Crippen molar-refractivity contribution in [2.75, 3.05) is 6.54 Å². The highest BCUT2D eigenvalue weighted by molar-refractivity contribution is 5.97. The average molecular weight is 307 g/mol. The van der Waals surface area contributed by atoms with Gasteiger partial charge in [0.15, 0.2) is 0 Å². The second kappa shape index (κ2) is 6.94. The van der Waals surface area contributed by atoms with Crippen LogP contribution in [-0.2, 0) is 11.3 Å². The molecule has 6 heteroatoms. The van der Waals surface area contributed by atoms with Gasteiger partial charge in [-0.15, -0.1) is 0 Å². The fourth-order valence-corrected chi connectivity index (χ4v) is 2.85. The van der Waals surface area contributed by atoms with E-state index >= 15 is 0 Å². The first kappa shape index (κ1) is 16.5. The number of aryl methyl sites for hydroxylation is 1. The van der Waals surface area contributed by atoms with Crippen LogP contribution in [0.1, 0.15) is 55.6 Å². The second-order valence-electron chi connectivity index (χ2n) is 6.40. The van der Waals surface area contributed by atoms with Gasteiger partial charge in [-0.05, 0) is 38.5 Å². The Balaban J connectivity index is 2.16. The van der Waals surface area contributed by atoms with Gasteiger partial charge in [-0.25, -0.2) is 4.79 Å². The quantitative estimate of drug-likeness (QED) is 0.906. The molecule has 2 rings (SSSR count). The highest BCUT2D eigenvalue weighted by atomic mass is 16.4. The number of hydrogen-bond donors (Lipinski definition) is 1. The monoisotopic (exact) mass is 307 g/mol. The van der Waals surface area contributed by atoms with E-state index in [4.69, 9.17) is 0 Å². The summed E-state index contributed by atoms with van der Waals surface area (Å²) in [6.07, 6.45) is 4.81. The van der Waals surface area contributed by atoms with Crippen LogP contribution in [0, 0.1) is 12.8 Å². The van der Waals surface area contributed by atoms with E-state index in [-0.39, 0.29) is 5.91 Å². The van der Waals surface area contributed by atoms with Gasteiger partial charge >= 0.3 is 5.97 Å². The van der Waals surface area contributed by atoms with E-state index in [1.807, 2.05) is 11.6 Å². The number of hydrogen-bond acceptors (Lipinski definition) is 3. The molecule has 1 fully saturated rings. The van der Waals surface area contributed by atoms with Gasteiger partial charge < -0.3 is 10.0 Å². The summed E-state index contributed by atoms with van der Waals surface area (Å²) in [6, 6.07) is -0.709. The third-order valence-corrected chi connectivity index (χ3v) is 4.30. The molecule has 122 valence electrons. The number of carboxylic acid groups (broad SMARTS) is 1. The molecular weight excluding hydrogens is 282 g/mol. The molecule has 0 radical (unpaired) electrons. The van der Waals surface area contributed by atoms with E-state index in [0.29, 0.717) is 24.4 Å². The Kier molecular flexibility index (Phi) is 5.21. The molecule has 1 aliphatic heterocycles.